The van der Waals surface area contributed by atoms with E-state index in [0.29, 0.717) is 19.6 Å². The minimum absolute atomic E-state index is 0.0875. The van der Waals surface area contributed by atoms with Crippen LogP contribution in [0.2, 0.25) is 0 Å². The maximum Gasteiger partial charge on any atom is 0.307 e. The molecule has 0 fully saturated rings. The van der Waals surface area contributed by atoms with E-state index in [0.717, 1.165) is 11.5 Å². The standard InChI is InChI=1S/C12H19NO3/c1-4-15-12(14)7-9(2)13-8-11-6-5-10(3)16-11/h5-6,9,13H,4,7-8H2,1-3H3. The first-order chi connectivity index (χ1) is 7.61. The van der Waals surface area contributed by atoms with Gasteiger partial charge in [0.1, 0.15) is 11.5 Å². The van der Waals surface area contributed by atoms with Crippen LogP contribution in [0.25, 0.3) is 0 Å². The summed E-state index contributed by atoms with van der Waals surface area (Å²) in [5, 5.41) is 3.21. The molecule has 0 aliphatic rings. The van der Waals surface area contributed by atoms with E-state index < -0.39 is 0 Å². The van der Waals surface area contributed by atoms with E-state index >= 15 is 0 Å². The second kappa shape index (κ2) is 6.33. The second-order valence-electron chi connectivity index (χ2n) is 3.80. The van der Waals surface area contributed by atoms with Crippen LogP contribution in [-0.4, -0.2) is 18.6 Å². The monoisotopic (exact) mass is 225 g/mol. The van der Waals surface area contributed by atoms with E-state index in [1.54, 1.807) is 0 Å². The van der Waals surface area contributed by atoms with Crippen molar-refractivity contribution in [1.29, 1.82) is 0 Å². The van der Waals surface area contributed by atoms with Gasteiger partial charge in [0.2, 0.25) is 0 Å². The van der Waals surface area contributed by atoms with Gasteiger partial charge in [0, 0.05) is 6.04 Å². The van der Waals surface area contributed by atoms with E-state index in [1.807, 2.05) is 32.9 Å². The molecule has 1 aromatic rings. The summed E-state index contributed by atoms with van der Waals surface area (Å²) in [6.07, 6.45) is 0.382. The number of hydrogen-bond acceptors (Lipinski definition) is 4. The molecule has 1 N–H and O–H groups in total. The van der Waals surface area contributed by atoms with Gasteiger partial charge in [-0.25, -0.2) is 0 Å². The number of ether oxygens (including phenoxy) is 1. The summed E-state index contributed by atoms with van der Waals surface area (Å²) >= 11 is 0. The molecule has 1 aromatic heterocycles. The van der Waals surface area contributed by atoms with Crippen molar-refractivity contribution in [3.8, 4) is 0 Å². The molecular formula is C12H19NO3. The van der Waals surface area contributed by atoms with E-state index in [1.165, 1.54) is 0 Å². The molecule has 0 saturated heterocycles. The molecule has 0 aliphatic carbocycles. The average Bonchev–Trinajstić information content (AvgIpc) is 2.61. The largest absolute Gasteiger partial charge is 0.466 e. The van der Waals surface area contributed by atoms with E-state index in [9.17, 15) is 4.79 Å². The molecule has 90 valence electrons. The van der Waals surface area contributed by atoms with Crippen LogP contribution in [0.5, 0.6) is 0 Å². The van der Waals surface area contributed by atoms with Gasteiger partial charge in [-0.15, -0.1) is 0 Å². The summed E-state index contributed by atoms with van der Waals surface area (Å²) in [5.41, 5.74) is 0. The van der Waals surface area contributed by atoms with E-state index in [2.05, 4.69) is 5.32 Å². The van der Waals surface area contributed by atoms with Crippen molar-refractivity contribution in [2.45, 2.75) is 39.8 Å². The van der Waals surface area contributed by atoms with Gasteiger partial charge in [-0.05, 0) is 32.9 Å². The number of rotatable bonds is 6. The predicted octanol–water partition coefficient (Wildman–Crippen LogP) is 2.02. The Kier molecular flexibility index (Phi) is 5.05. The van der Waals surface area contributed by atoms with Crippen LogP contribution in [0.3, 0.4) is 0 Å². The summed E-state index contributed by atoms with van der Waals surface area (Å²) in [7, 11) is 0. The van der Waals surface area contributed by atoms with Gasteiger partial charge >= 0.3 is 5.97 Å². The molecule has 0 saturated carbocycles. The van der Waals surface area contributed by atoms with Crippen molar-refractivity contribution in [3.05, 3.63) is 23.7 Å². The third-order valence-electron chi connectivity index (χ3n) is 2.20. The highest BCUT2D eigenvalue weighted by molar-refractivity contribution is 5.69. The Balaban J connectivity index is 2.24. The molecule has 1 heterocycles. The molecule has 1 unspecified atom stereocenters. The molecule has 16 heavy (non-hydrogen) atoms. The first-order valence-electron chi connectivity index (χ1n) is 5.56. The lowest BCUT2D eigenvalue weighted by Crippen LogP contribution is -2.28. The fourth-order valence-electron chi connectivity index (χ4n) is 1.40. The smallest absolute Gasteiger partial charge is 0.307 e. The lowest BCUT2D eigenvalue weighted by atomic mass is 10.2. The van der Waals surface area contributed by atoms with Crippen molar-refractivity contribution in [1.82, 2.24) is 5.32 Å². The molecule has 4 nitrogen and oxygen atoms in total. The van der Waals surface area contributed by atoms with Gasteiger partial charge in [0.05, 0.1) is 19.6 Å². The molecule has 4 heteroatoms. The Morgan fingerprint density at radius 3 is 2.88 bits per heavy atom. The molecule has 0 amide bonds. The van der Waals surface area contributed by atoms with Gasteiger partial charge in [-0.1, -0.05) is 0 Å². The number of carbonyl (C=O) groups is 1. The van der Waals surface area contributed by atoms with Crippen LogP contribution in [0.15, 0.2) is 16.5 Å². The zero-order valence-corrected chi connectivity index (χ0v) is 10.1. The van der Waals surface area contributed by atoms with Gasteiger partial charge in [-0.3, -0.25) is 4.79 Å². The number of nitrogens with one attached hydrogen (secondary N) is 1. The number of furan rings is 1. The van der Waals surface area contributed by atoms with Crippen LogP contribution in [-0.2, 0) is 16.1 Å². The Hall–Kier alpha value is -1.29. The van der Waals surface area contributed by atoms with Crippen LogP contribution in [0.4, 0.5) is 0 Å². The lowest BCUT2D eigenvalue weighted by molar-refractivity contribution is -0.143. The highest BCUT2D eigenvalue weighted by atomic mass is 16.5. The third-order valence-corrected chi connectivity index (χ3v) is 2.20. The third kappa shape index (κ3) is 4.49. The van der Waals surface area contributed by atoms with Crippen LogP contribution < -0.4 is 5.32 Å². The predicted molar refractivity (Wildman–Crippen MR) is 61.0 cm³/mol. The van der Waals surface area contributed by atoms with E-state index in [-0.39, 0.29) is 12.0 Å². The van der Waals surface area contributed by atoms with Gasteiger partial charge in [0.15, 0.2) is 0 Å². The Bertz CT molecular complexity index is 333. The fraction of sp³-hybridized carbons (Fsp3) is 0.583. The van der Waals surface area contributed by atoms with Crippen molar-refractivity contribution < 1.29 is 13.9 Å². The van der Waals surface area contributed by atoms with Crippen LogP contribution in [0.1, 0.15) is 31.8 Å². The zero-order chi connectivity index (χ0) is 12.0. The number of esters is 1. The quantitative estimate of drug-likeness (QED) is 0.752. The molecule has 0 spiro atoms. The highest BCUT2D eigenvalue weighted by Gasteiger charge is 2.09. The van der Waals surface area contributed by atoms with Gasteiger partial charge < -0.3 is 14.5 Å². The number of hydrogen-bond donors (Lipinski definition) is 1. The summed E-state index contributed by atoms with van der Waals surface area (Å²) in [6, 6.07) is 3.94. The van der Waals surface area contributed by atoms with Crippen molar-refractivity contribution in [3.63, 3.8) is 0 Å². The number of aryl methyl sites for hydroxylation is 1. The molecule has 1 atom stereocenters. The zero-order valence-electron chi connectivity index (χ0n) is 10.1. The van der Waals surface area contributed by atoms with Crippen molar-refractivity contribution in [2.75, 3.05) is 6.61 Å². The maximum absolute atomic E-state index is 11.2. The Morgan fingerprint density at radius 2 is 2.31 bits per heavy atom. The summed E-state index contributed by atoms with van der Waals surface area (Å²) in [5.74, 6) is 1.61. The lowest BCUT2D eigenvalue weighted by Gasteiger charge is -2.11. The van der Waals surface area contributed by atoms with Crippen LogP contribution >= 0.6 is 0 Å². The van der Waals surface area contributed by atoms with E-state index in [4.69, 9.17) is 9.15 Å². The first-order valence-corrected chi connectivity index (χ1v) is 5.56. The highest BCUT2D eigenvalue weighted by Crippen LogP contribution is 2.06. The molecule has 0 radical (unpaired) electrons. The molecular weight excluding hydrogens is 206 g/mol. The minimum atomic E-state index is -0.168. The van der Waals surface area contributed by atoms with Gasteiger partial charge in [0.25, 0.3) is 0 Å². The topological polar surface area (TPSA) is 51.5 Å². The normalized spacial score (nSPS) is 12.4. The average molecular weight is 225 g/mol. The minimum Gasteiger partial charge on any atom is -0.466 e. The molecule has 0 aliphatic heterocycles. The van der Waals surface area contributed by atoms with Crippen molar-refractivity contribution >= 4 is 5.97 Å². The summed E-state index contributed by atoms with van der Waals surface area (Å²) in [6.45, 7) is 6.73. The van der Waals surface area contributed by atoms with Crippen molar-refractivity contribution in [2.24, 2.45) is 0 Å². The molecule has 0 bridgehead atoms. The molecule has 1 rings (SSSR count). The van der Waals surface area contributed by atoms with Gasteiger partial charge in [-0.2, -0.15) is 0 Å². The summed E-state index contributed by atoms with van der Waals surface area (Å²) in [4.78, 5) is 11.2. The van der Waals surface area contributed by atoms with Crippen LogP contribution in [0, 0.1) is 6.92 Å². The fourth-order valence-corrected chi connectivity index (χ4v) is 1.40. The molecule has 0 aromatic carbocycles. The number of carbonyl (C=O) groups excluding carboxylic acids is 1. The first kappa shape index (κ1) is 12.8. The maximum atomic E-state index is 11.2. The summed E-state index contributed by atoms with van der Waals surface area (Å²) < 4.78 is 10.3. The second-order valence-corrected chi connectivity index (χ2v) is 3.80. The Morgan fingerprint density at radius 1 is 1.56 bits per heavy atom. The Labute approximate surface area is 96.0 Å². The SMILES string of the molecule is CCOC(=O)CC(C)NCc1ccc(C)o1.